The van der Waals surface area contributed by atoms with Gasteiger partial charge in [0.2, 0.25) is 11.8 Å². The van der Waals surface area contributed by atoms with Gasteiger partial charge in [0.25, 0.3) is 5.91 Å². The summed E-state index contributed by atoms with van der Waals surface area (Å²) in [5.74, 6) is 1.15. The van der Waals surface area contributed by atoms with Crippen LogP contribution in [0.5, 0.6) is 5.75 Å². The lowest BCUT2D eigenvalue weighted by Crippen LogP contribution is -2.37. The minimum atomic E-state index is -0.469. The van der Waals surface area contributed by atoms with Crippen molar-refractivity contribution in [2.75, 3.05) is 17.7 Å². The molecular formula is C25H24N4O4. The molecule has 8 heteroatoms. The van der Waals surface area contributed by atoms with E-state index in [1.807, 2.05) is 6.92 Å². The van der Waals surface area contributed by atoms with Crippen LogP contribution in [0.3, 0.4) is 0 Å². The number of amides is 2. The highest BCUT2D eigenvalue weighted by Crippen LogP contribution is 2.52. The van der Waals surface area contributed by atoms with E-state index in [1.165, 1.54) is 0 Å². The van der Waals surface area contributed by atoms with Crippen molar-refractivity contribution >= 4 is 23.5 Å². The Labute approximate surface area is 191 Å². The van der Waals surface area contributed by atoms with Crippen LogP contribution >= 0.6 is 0 Å². The number of anilines is 2. The summed E-state index contributed by atoms with van der Waals surface area (Å²) in [4.78, 5) is 26.1. The highest BCUT2D eigenvalue weighted by Gasteiger charge is 2.50. The predicted octanol–water partition coefficient (Wildman–Crippen LogP) is 4.54. The summed E-state index contributed by atoms with van der Waals surface area (Å²) < 4.78 is 10.7. The maximum Gasteiger partial charge on any atom is 0.322 e. The molecule has 1 fully saturated rings. The highest BCUT2D eigenvalue weighted by atomic mass is 16.5. The van der Waals surface area contributed by atoms with Crippen LogP contribution < -0.4 is 15.4 Å². The number of ether oxygens (including phenoxy) is 1. The van der Waals surface area contributed by atoms with E-state index in [2.05, 4.69) is 33.0 Å². The van der Waals surface area contributed by atoms with Gasteiger partial charge >= 0.3 is 6.01 Å². The van der Waals surface area contributed by atoms with E-state index in [1.54, 1.807) is 55.6 Å². The number of allylic oxidation sites excluding steroid dienone is 2. The number of aromatic nitrogens is 2. The lowest BCUT2D eigenvalue weighted by molar-refractivity contribution is -0.126. The molecule has 3 aromatic rings. The smallest absolute Gasteiger partial charge is 0.322 e. The Kier molecular flexibility index (Phi) is 5.20. The second-order valence-corrected chi connectivity index (χ2v) is 8.70. The summed E-state index contributed by atoms with van der Waals surface area (Å²) in [7, 11) is 1.59. The molecule has 1 aromatic heterocycles. The molecule has 168 valence electrons. The SMILES string of the molecule is COc1ccc(-c2nnc(NC(=O)c3ccccc3NC(=O)[C@@]3(C)C[C@H]4C=C[C@H]3C4)o2)cc1. The number of hydrogen-bond donors (Lipinski definition) is 2. The number of para-hydroxylation sites is 1. The Morgan fingerprint density at radius 3 is 2.55 bits per heavy atom. The van der Waals surface area contributed by atoms with Gasteiger partial charge in [-0.15, -0.1) is 5.10 Å². The van der Waals surface area contributed by atoms with Gasteiger partial charge in [-0.2, -0.15) is 0 Å². The first-order valence-corrected chi connectivity index (χ1v) is 10.8. The highest BCUT2D eigenvalue weighted by molar-refractivity contribution is 6.10. The summed E-state index contributed by atoms with van der Waals surface area (Å²) in [6.07, 6.45) is 6.18. The van der Waals surface area contributed by atoms with Gasteiger partial charge in [0.1, 0.15) is 5.75 Å². The number of nitrogens with zero attached hydrogens (tertiary/aromatic N) is 2. The van der Waals surface area contributed by atoms with Gasteiger partial charge < -0.3 is 14.5 Å². The first kappa shape index (κ1) is 20.9. The second-order valence-electron chi connectivity index (χ2n) is 8.70. The topological polar surface area (TPSA) is 106 Å². The molecule has 0 saturated heterocycles. The van der Waals surface area contributed by atoms with E-state index in [0.29, 0.717) is 28.5 Å². The van der Waals surface area contributed by atoms with E-state index in [0.717, 1.165) is 12.8 Å². The molecular weight excluding hydrogens is 420 g/mol. The van der Waals surface area contributed by atoms with Crippen LogP contribution in [0.4, 0.5) is 11.7 Å². The van der Waals surface area contributed by atoms with Crippen molar-refractivity contribution in [1.82, 2.24) is 10.2 Å². The number of methoxy groups -OCH3 is 1. The van der Waals surface area contributed by atoms with Crippen molar-refractivity contribution in [2.45, 2.75) is 19.8 Å². The first-order chi connectivity index (χ1) is 16.0. The van der Waals surface area contributed by atoms with Crippen molar-refractivity contribution in [3.8, 4) is 17.2 Å². The summed E-state index contributed by atoms with van der Waals surface area (Å²) in [6.45, 7) is 2.00. The quantitative estimate of drug-likeness (QED) is 0.541. The fourth-order valence-corrected chi connectivity index (χ4v) is 4.70. The fourth-order valence-electron chi connectivity index (χ4n) is 4.70. The van der Waals surface area contributed by atoms with Crippen molar-refractivity contribution in [3.05, 3.63) is 66.2 Å². The molecule has 0 unspecified atom stereocenters. The molecule has 2 amide bonds. The summed E-state index contributed by atoms with van der Waals surface area (Å²) >= 11 is 0. The molecule has 8 nitrogen and oxygen atoms in total. The Hall–Kier alpha value is -3.94. The Bertz CT molecular complexity index is 1230. The van der Waals surface area contributed by atoms with E-state index >= 15 is 0 Å². The number of benzene rings is 2. The number of rotatable bonds is 6. The molecule has 2 N–H and O–H groups in total. The first-order valence-electron chi connectivity index (χ1n) is 10.8. The molecule has 33 heavy (non-hydrogen) atoms. The number of carbonyl (C=O) groups excluding carboxylic acids is 2. The van der Waals surface area contributed by atoms with E-state index in [9.17, 15) is 9.59 Å². The maximum atomic E-state index is 13.1. The molecule has 2 bridgehead atoms. The molecule has 3 atom stereocenters. The lowest BCUT2D eigenvalue weighted by atomic mass is 9.76. The van der Waals surface area contributed by atoms with Crippen LogP contribution in [-0.2, 0) is 4.79 Å². The van der Waals surface area contributed by atoms with Gasteiger partial charge in [-0.1, -0.05) is 36.3 Å². The number of hydrogen-bond acceptors (Lipinski definition) is 6. The molecule has 2 aliphatic rings. The normalized spacial score (nSPS) is 22.8. The third kappa shape index (κ3) is 3.88. The second kappa shape index (κ2) is 8.20. The molecule has 0 radical (unpaired) electrons. The Balaban J connectivity index is 1.30. The van der Waals surface area contributed by atoms with Crippen LogP contribution in [0, 0.1) is 17.3 Å². The standard InChI is InChI=1S/C25H24N4O4/c1-25(14-15-7-10-17(25)13-15)23(31)26-20-6-4-3-5-19(20)21(30)27-24-29-28-22(33-24)16-8-11-18(32-2)12-9-16/h3-12,15,17H,13-14H2,1-2H3,(H,26,31)(H,27,29,30)/t15-,17-,25-/m0/s1. The van der Waals surface area contributed by atoms with Crippen LogP contribution in [0.25, 0.3) is 11.5 Å². The molecule has 1 saturated carbocycles. The minimum absolute atomic E-state index is 0.0304. The van der Waals surface area contributed by atoms with Crippen LogP contribution in [-0.4, -0.2) is 29.1 Å². The average Bonchev–Trinajstić information content (AvgIpc) is 3.56. The van der Waals surface area contributed by atoms with Crippen LogP contribution in [0.1, 0.15) is 30.1 Å². The summed E-state index contributed by atoms with van der Waals surface area (Å²) in [5, 5.41) is 13.5. The van der Waals surface area contributed by atoms with Crippen molar-refractivity contribution < 1.29 is 18.7 Å². The van der Waals surface area contributed by atoms with Gasteiger partial charge in [0.15, 0.2) is 0 Å². The van der Waals surface area contributed by atoms with Gasteiger partial charge in [-0.25, -0.2) is 0 Å². The molecule has 5 rings (SSSR count). The van der Waals surface area contributed by atoms with Crippen molar-refractivity contribution in [1.29, 1.82) is 0 Å². The molecule has 0 spiro atoms. The van der Waals surface area contributed by atoms with Crippen LogP contribution in [0.15, 0.2) is 65.1 Å². The molecule has 1 heterocycles. The third-order valence-electron chi connectivity index (χ3n) is 6.60. The van der Waals surface area contributed by atoms with Gasteiger partial charge in [-0.05, 0) is 61.1 Å². The van der Waals surface area contributed by atoms with Crippen molar-refractivity contribution in [3.63, 3.8) is 0 Å². The fraction of sp³-hybridized carbons (Fsp3) is 0.280. The molecule has 0 aliphatic heterocycles. The summed E-state index contributed by atoms with van der Waals surface area (Å²) in [5.41, 5.74) is 0.993. The van der Waals surface area contributed by atoms with Gasteiger partial charge in [0, 0.05) is 5.56 Å². The zero-order chi connectivity index (χ0) is 23.0. The van der Waals surface area contributed by atoms with Crippen molar-refractivity contribution in [2.24, 2.45) is 17.3 Å². The van der Waals surface area contributed by atoms with Gasteiger partial charge in [-0.3, -0.25) is 14.9 Å². The average molecular weight is 444 g/mol. The lowest BCUT2D eigenvalue weighted by Gasteiger charge is -2.30. The van der Waals surface area contributed by atoms with E-state index in [-0.39, 0.29) is 23.7 Å². The van der Waals surface area contributed by atoms with Gasteiger partial charge in [0.05, 0.1) is 23.8 Å². The Morgan fingerprint density at radius 1 is 1.06 bits per heavy atom. The maximum absolute atomic E-state index is 13.1. The zero-order valence-corrected chi connectivity index (χ0v) is 18.4. The third-order valence-corrected chi connectivity index (χ3v) is 6.60. The van der Waals surface area contributed by atoms with E-state index in [4.69, 9.17) is 9.15 Å². The zero-order valence-electron chi connectivity index (χ0n) is 18.4. The Morgan fingerprint density at radius 2 is 1.85 bits per heavy atom. The van der Waals surface area contributed by atoms with E-state index < -0.39 is 11.3 Å². The predicted molar refractivity (Wildman–Crippen MR) is 123 cm³/mol. The minimum Gasteiger partial charge on any atom is -0.497 e. The largest absolute Gasteiger partial charge is 0.497 e. The molecule has 2 aliphatic carbocycles. The monoisotopic (exact) mass is 444 g/mol. The number of nitrogens with one attached hydrogen (secondary N) is 2. The summed E-state index contributed by atoms with van der Waals surface area (Å²) in [6, 6.07) is 14.0. The molecule has 2 aromatic carbocycles. The number of carbonyl (C=O) groups is 2. The number of fused-ring (bicyclic) bond motifs is 2. The van der Waals surface area contributed by atoms with Crippen LogP contribution in [0.2, 0.25) is 0 Å².